The minimum atomic E-state index is -0.402. The quantitative estimate of drug-likeness (QED) is 0.697. The van der Waals surface area contributed by atoms with E-state index in [1.165, 1.54) is 13.4 Å². The van der Waals surface area contributed by atoms with Crippen molar-refractivity contribution in [1.29, 1.82) is 0 Å². The van der Waals surface area contributed by atoms with Crippen LogP contribution in [0.25, 0.3) is 5.52 Å². The minimum absolute atomic E-state index is 0.402. The van der Waals surface area contributed by atoms with Gasteiger partial charge in [-0.05, 0) is 12.5 Å². The zero-order valence-electron chi connectivity index (χ0n) is 10.9. The Morgan fingerprint density at radius 3 is 3.05 bits per heavy atom. The first kappa shape index (κ1) is 12.2. The van der Waals surface area contributed by atoms with Crippen LogP contribution in [0.4, 0.5) is 11.6 Å². The second-order valence-electron chi connectivity index (χ2n) is 4.16. The molecule has 0 atom stereocenters. The van der Waals surface area contributed by atoms with E-state index >= 15 is 0 Å². The number of hydrogen-bond acceptors (Lipinski definition) is 6. The molecule has 3 rings (SSSR count). The van der Waals surface area contributed by atoms with E-state index in [9.17, 15) is 4.79 Å². The first-order chi connectivity index (χ1) is 9.70. The van der Waals surface area contributed by atoms with Gasteiger partial charge in [0.05, 0.1) is 18.9 Å². The third-order valence-electron chi connectivity index (χ3n) is 2.99. The van der Waals surface area contributed by atoms with E-state index in [-0.39, 0.29) is 0 Å². The summed E-state index contributed by atoms with van der Waals surface area (Å²) in [6.07, 6.45) is 4.66. The van der Waals surface area contributed by atoms with Crippen molar-refractivity contribution in [2.24, 2.45) is 0 Å². The monoisotopic (exact) mass is 272 g/mol. The molecule has 0 aliphatic carbocycles. The average molecular weight is 272 g/mol. The summed E-state index contributed by atoms with van der Waals surface area (Å²) < 4.78 is 6.35. The average Bonchev–Trinajstić information content (AvgIpc) is 3.07. The first-order valence-corrected chi connectivity index (χ1v) is 5.88. The molecule has 0 unspecified atom stereocenters. The molecule has 102 valence electrons. The van der Waals surface area contributed by atoms with Gasteiger partial charge >= 0.3 is 5.97 Å². The van der Waals surface area contributed by atoms with Crippen LogP contribution in [0.2, 0.25) is 0 Å². The van der Waals surface area contributed by atoms with Crippen LogP contribution in [0, 0.1) is 6.92 Å². The Balaban J connectivity index is 2.13. The number of aryl methyl sites for hydroxylation is 1. The molecule has 0 aliphatic rings. The van der Waals surface area contributed by atoms with Gasteiger partial charge in [-0.15, -0.1) is 0 Å². The third-order valence-corrected chi connectivity index (χ3v) is 2.99. The van der Waals surface area contributed by atoms with Gasteiger partial charge in [-0.2, -0.15) is 10.2 Å². The van der Waals surface area contributed by atoms with Gasteiger partial charge in [-0.1, -0.05) is 0 Å². The van der Waals surface area contributed by atoms with E-state index in [4.69, 9.17) is 4.74 Å². The SMILES string of the molecule is COC(=O)c1cn2ncnc(Nc3ccn[nH]3)c2c1C. The zero-order chi connectivity index (χ0) is 14.1. The molecule has 0 aliphatic heterocycles. The highest BCUT2D eigenvalue weighted by atomic mass is 16.5. The molecular weight excluding hydrogens is 260 g/mol. The predicted octanol–water partition coefficient (Wildman–Crippen LogP) is 1.29. The summed E-state index contributed by atoms with van der Waals surface area (Å²) in [6, 6.07) is 1.78. The summed E-state index contributed by atoms with van der Waals surface area (Å²) in [7, 11) is 1.35. The lowest BCUT2D eigenvalue weighted by Crippen LogP contribution is -2.01. The molecule has 3 heterocycles. The highest BCUT2D eigenvalue weighted by Crippen LogP contribution is 2.24. The minimum Gasteiger partial charge on any atom is -0.465 e. The smallest absolute Gasteiger partial charge is 0.339 e. The number of H-pyrrole nitrogens is 1. The van der Waals surface area contributed by atoms with Gasteiger partial charge in [0.2, 0.25) is 0 Å². The second kappa shape index (κ2) is 4.65. The number of aromatic nitrogens is 5. The number of nitrogens with one attached hydrogen (secondary N) is 2. The number of fused-ring (bicyclic) bond motifs is 1. The fourth-order valence-electron chi connectivity index (χ4n) is 2.02. The summed E-state index contributed by atoms with van der Waals surface area (Å²) in [5.74, 6) is 0.878. The van der Waals surface area contributed by atoms with Crippen LogP contribution < -0.4 is 5.32 Å². The van der Waals surface area contributed by atoms with Crippen molar-refractivity contribution in [3.8, 4) is 0 Å². The molecule has 0 spiro atoms. The number of rotatable bonds is 3. The Morgan fingerprint density at radius 2 is 2.35 bits per heavy atom. The molecule has 0 saturated carbocycles. The molecular formula is C12H12N6O2. The number of hydrogen-bond donors (Lipinski definition) is 2. The maximum absolute atomic E-state index is 11.7. The van der Waals surface area contributed by atoms with Crippen molar-refractivity contribution in [1.82, 2.24) is 24.8 Å². The second-order valence-corrected chi connectivity index (χ2v) is 4.16. The number of carbonyl (C=O) groups is 1. The highest BCUT2D eigenvalue weighted by molar-refractivity contribution is 5.95. The van der Waals surface area contributed by atoms with Crippen molar-refractivity contribution in [3.05, 3.63) is 35.9 Å². The van der Waals surface area contributed by atoms with Crippen LogP contribution in [0.5, 0.6) is 0 Å². The standard InChI is InChI=1S/C12H12N6O2/c1-7-8(12(19)20-2)5-18-10(7)11(13-6-15-18)16-9-3-4-14-17-9/h3-6H,1-2H3,(H2,13,14,15,16,17). The van der Waals surface area contributed by atoms with E-state index in [0.29, 0.717) is 22.7 Å². The molecule has 0 bridgehead atoms. The van der Waals surface area contributed by atoms with Crippen molar-refractivity contribution in [2.45, 2.75) is 6.92 Å². The maximum atomic E-state index is 11.7. The highest BCUT2D eigenvalue weighted by Gasteiger charge is 2.18. The normalized spacial score (nSPS) is 10.7. The Hall–Kier alpha value is -2.90. The number of anilines is 2. The predicted molar refractivity (Wildman–Crippen MR) is 70.9 cm³/mol. The molecule has 8 nitrogen and oxygen atoms in total. The number of esters is 1. The maximum Gasteiger partial charge on any atom is 0.339 e. The fourth-order valence-corrected chi connectivity index (χ4v) is 2.02. The Morgan fingerprint density at radius 1 is 1.50 bits per heavy atom. The van der Waals surface area contributed by atoms with E-state index in [1.807, 2.05) is 6.92 Å². The Labute approximate surface area is 113 Å². The van der Waals surface area contributed by atoms with E-state index < -0.39 is 5.97 Å². The van der Waals surface area contributed by atoms with Gasteiger partial charge in [0.15, 0.2) is 5.82 Å². The fraction of sp³-hybridized carbons (Fsp3) is 0.167. The summed E-state index contributed by atoms with van der Waals surface area (Å²) in [4.78, 5) is 15.9. The number of aromatic amines is 1. The van der Waals surface area contributed by atoms with Crippen molar-refractivity contribution in [3.63, 3.8) is 0 Å². The van der Waals surface area contributed by atoms with Crippen LogP contribution in [-0.4, -0.2) is 37.9 Å². The number of carbonyl (C=O) groups excluding carboxylic acids is 1. The molecule has 0 saturated heterocycles. The van der Waals surface area contributed by atoms with Gasteiger partial charge in [0.1, 0.15) is 17.7 Å². The van der Waals surface area contributed by atoms with Crippen LogP contribution in [0.15, 0.2) is 24.8 Å². The molecule has 0 amide bonds. The van der Waals surface area contributed by atoms with Crippen molar-refractivity contribution in [2.75, 3.05) is 12.4 Å². The van der Waals surface area contributed by atoms with E-state index in [1.54, 1.807) is 23.0 Å². The van der Waals surface area contributed by atoms with Gasteiger partial charge in [0, 0.05) is 12.3 Å². The number of ether oxygens (including phenoxy) is 1. The van der Waals surface area contributed by atoms with E-state index in [2.05, 4.69) is 25.6 Å². The van der Waals surface area contributed by atoms with Gasteiger partial charge in [-0.25, -0.2) is 14.3 Å². The van der Waals surface area contributed by atoms with Crippen molar-refractivity contribution < 1.29 is 9.53 Å². The van der Waals surface area contributed by atoms with Gasteiger partial charge in [0.25, 0.3) is 0 Å². The van der Waals surface area contributed by atoms with Gasteiger partial charge in [-0.3, -0.25) is 5.10 Å². The topological polar surface area (TPSA) is 97.2 Å². The van der Waals surface area contributed by atoms with Crippen LogP contribution in [0.1, 0.15) is 15.9 Å². The summed E-state index contributed by atoms with van der Waals surface area (Å²) in [5.41, 5.74) is 1.92. The summed E-state index contributed by atoms with van der Waals surface area (Å²) in [5, 5.41) is 13.8. The van der Waals surface area contributed by atoms with Crippen LogP contribution >= 0.6 is 0 Å². The molecule has 0 aromatic carbocycles. The summed E-state index contributed by atoms with van der Waals surface area (Å²) >= 11 is 0. The molecule has 8 heteroatoms. The van der Waals surface area contributed by atoms with Crippen molar-refractivity contribution >= 4 is 23.1 Å². The lowest BCUT2D eigenvalue weighted by atomic mass is 10.2. The number of methoxy groups -OCH3 is 1. The molecule has 2 N–H and O–H groups in total. The zero-order valence-corrected chi connectivity index (χ0v) is 10.9. The lowest BCUT2D eigenvalue weighted by molar-refractivity contribution is 0.0600. The molecule has 0 fully saturated rings. The first-order valence-electron chi connectivity index (χ1n) is 5.88. The van der Waals surface area contributed by atoms with Gasteiger partial charge < -0.3 is 10.1 Å². The van der Waals surface area contributed by atoms with Crippen LogP contribution in [0.3, 0.4) is 0 Å². The largest absolute Gasteiger partial charge is 0.465 e. The Kier molecular flexibility index (Phi) is 2.82. The van der Waals surface area contributed by atoms with Crippen LogP contribution in [-0.2, 0) is 4.74 Å². The molecule has 3 aromatic rings. The lowest BCUT2D eigenvalue weighted by Gasteiger charge is -2.05. The molecule has 0 radical (unpaired) electrons. The number of nitrogens with zero attached hydrogens (tertiary/aromatic N) is 4. The third kappa shape index (κ3) is 1.87. The van der Waals surface area contributed by atoms with E-state index in [0.717, 1.165) is 5.56 Å². The molecule has 3 aromatic heterocycles. The Bertz CT molecular complexity index is 762. The summed E-state index contributed by atoms with van der Waals surface area (Å²) in [6.45, 7) is 1.82. The molecule has 20 heavy (non-hydrogen) atoms.